The molecule has 0 aromatic heterocycles. The van der Waals surface area contributed by atoms with E-state index in [0.29, 0.717) is 12.1 Å². The number of likely N-dealkylation sites (N-methyl/N-ethyl adjacent to an activating group) is 1. The van der Waals surface area contributed by atoms with Gasteiger partial charge >= 0.3 is 0 Å². The molecule has 3 N–H and O–H groups in total. The molecule has 0 aliphatic carbocycles. The fraction of sp³-hybridized carbons (Fsp3) is 0.391. The smallest absolute Gasteiger partial charge is 0.251 e. The molecule has 2 amide bonds. The Morgan fingerprint density at radius 3 is 2.41 bits per heavy atom. The van der Waals surface area contributed by atoms with Crippen LogP contribution >= 0.6 is 0 Å². The number of carbonyl (C=O) groups is 2. The predicted molar refractivity (Wildman–Crippen MR) is 117 cm³/mol. The average molecular weight is 395 g/mol. The fourth-order valence-electron chi connectivity index (χ4n) is 3.88. The van der Waals surface area contributed by atoms with E-state index >= 15 is 0 Å². The number of carbonyl (C=O) groups excluding carboxylic acids is 2. The Labute approximate surface area is 172 Å². The number of nitrogens with one attached hydrogen (secondary N) is 1. The van der Waals surface area contributed by atoms with E-state index < -0.39 is 0 Å². The summed E-state index contributed by atoms with van der Waals surface area (Å²) in [5.41, 5.74) is 10.9. The summed E-state index contributed by atoms with van der Waals surface area (Å²) >= 11 is 0. The number of fused-ring (bicyclic) bond motifs is 1. The molecular weight excluding hydrogens is 364 g/mol. The van der Waals surface area contributed by atoms with E-state index in [0.717, 1.165) is 35.3 Å². The standard InChI is InChI=1S/C23H30N4O2/c1-15-13-21(24)20-14-19(9-10-22(20)27(15)16(2)28)17-5-7-18(8-6-17)23(29)25-11-12-26(3)4/h5-10,14-15,21H,11-13,24H2,1-4H3,(H,25,29). The highest BCUT2D eigenvalue weighted by atomic mass is 16.2. The number of benzene rings is 2. The van der Waals surface area contributed by atoms with Crippen molar-refractivity contribution < 1.29 is 9.59 Å². The van der Waals surface area contributed by atoms with Crippen LogP contribution in [0.5, 0.6) is 0 Å². The van der Waals surface area contributed by atoms with E-state index in [1.54, 1.807) is 6.92 Å². The van der Waals surface area contributed by atoms with Crippen LogP contribution in [0, 0.1) is 0 Å². The topological polar surface area (TPSA) is 78.7 Å². The highest BCUT2D eigenvalue weighted by Crippen LogP contribution is 2.38. The first kappa shape index (κ1) is 21.0. The van der Waals surface area contributed by atoms with Crippen molar-refractivity contribution in [1.29, 1.82) is 0 Å². The minimum Gasteiger partial charge on any atom is -0.351 e. The quantitative estimate of drug-likeness (QED) is 0.817. The summed E-state index contributed by atoms with van der Waals surface area (Å²) in [5.74, 6) is -0.0417. The van der Waals surface area contributed by atoms with Crippen molar-refractivity contribution in [1.82, 2.24) is 10.2 Å². The van der Waals surface area contributed by atoms with E-state index in [4.69, 9.17) is 5.73 Å². The van der Waals surface area contributed by atoms with E-state index in [1.807, 2.05) is 67.2 Å². The van der Waals surface area contributed by atoms with Crippen LogP contribution in [0.15, 0.2) is 42.5 Å². The Morgan fingerprint density at radius 1 is 1.14 bits per heavy atom. The largest absolute Gasteiger partial charge is 0.351 e. The number of nitrogens with zero attached hydrogens (tertiary/aromatic N) is 2. The number of amides is 2. The van der Waals surface area contributed by atoms with Crippen LogP contribution in [0.3, 0.4) is 0 Å². The van der Waals surface area contributed by atoms with Gasteiger partial charge in [-0.1, -0.05) is 18.2 Å². The van der Waals surface area contributed by atoms with E-state index in [-0.39, 0.29) is 23.9 Å². The van der Waals surface area contributed by atoms with Crippen LogP contribution in [0.4, 0.5) is 5.69 Å². The third-order valence-corrected chi connectivity index (χ3v) is 5.39. The lowest BCUT2D eigenvalue weighted by Crippen LogP contribution is -2.43. The zero-order valence-corrected chi connectivity index (χ0v) is 17.6. The van der Waals surface area contributed by atoms with Gasteiger partial charge in [0.05, 0.1) is 0 Å². The fourth-order valence-corrected chi connectivity index (χ4v) is 3.88. The molecule has 29 heavy (non-hydrogen) atoms. The van der Waals surface area contributed by atoms with Gasteiger partial charge in [0.1, 0.15) is 0 Å². The van der Waals surface area contributed by atoms with Gasteiger partial charge in [0, 0.05) is 43.3 Å². The summed E-state index contributed by atoms with van der Waals surface area (Å²) in [6.45, 7) is 5.03. The zero-order chi connectivity index (χ0) is 21.1. The maximum absolute atomic E-state index is 12.3. The van der Waals surface area contributed by atoms with Crippen LogP contribution in [0.2, 0.25) is 0 Å². The maximum Gasteiger partial charge on any atom is 0.251 e. The summed E-state index contributed by atoms with van der Waals surface area (Å²) in [4.78, 5) is 28.2. The van der Waals surface area contributed by atoms with Crippen molar-refractivity contribution in [2.75, 3.05) is 32.1 Å². The number of hydrogen-bond donors (Lipinski definition) is 2. The van der Waals surface area contributed by atoms with Gasteiger partial charge in [-0.05, 0) is 68.4 Å². The molecule has 154 valence electrons. The van der Waals surface area contributed by atoms with Gasteiger partial charge in [-0.15, -0.1) is 0 Å². The van der Waals surface area contributed by atoms with Gasteiger partial charge in [-0.25, -0.2) is 0 Å². The van der Waals surface area contributed by atoms with E-state index in [2.05, 4.69) is 11.4 Å². The highest BCUT2D eigenvalue weighted by Gasteiger charge is 2.30. The SMILES string of the molecule is CC(=O)N1c2ccc(-c3ccc(C(=O)NCCN(C)C)cc3)cc2C(N)CC1C. The molecule has 2 unspecified atom stereocenters. The van der Waals surface area contributed by atoms with Gasteiger partial charge in [0.25, 0.3) is 5.91 Å². The van der Waals surface area contributed by atoms with Crippen LogP contribution in [-0.2, 0) is 4.79 Å². The lowest BCUT2D eigenvalue weighted by Gasteiger charge is -2.38. The van der Waals surface area contributed by atoms with Gasteiger partial charge in [0.15, 0.2) is 0 Å². The van der Waals surface area contributed by atoms with Crippen LogP contribution in [-0.4, -0.2) is 49.9 Å². The average Bonchev–Trinajstić information content (AvgIpc) is 2.67. The molecule has 6 heteroatoms. The summed E-state index contributed by atoms with van der Waals surface area (Å²) in [6, 6.07) is 13.6. The van der Waals surface area contributed by atoms with Crippen molar-refractivity contribution in [3.63, 3.8) is 0 Å². The Hall–Kier alpha value is -2.70. The minimum absolute atomic E-state index is 0.0306. The Kier molecular flexibility index (Phi) is 6.35. The van der Waals surface area contributed by atoms with Gasteiger partial charge in [0.2, 0.25) is 5.91 Å². The first-order valence-electron chi connectivity index (χ1n) is 10.0. The van der Waals surface area contributed by atoms with E-state index in [1.165, 1.54) is 0 Å². The normalized spacial score (nSPS) is 18.5. The van der Waals surface area contributed by atoms with Gasteiger partial charge < -0.3 is 20.9 Å². The molecule has 0 radical (unpaired) electrons. The van der Waals surface area contributed by atoms with Gasteiger partial charge in [-0.3, -0.25) is 9.59 Å². The van der Waals surface area contributed by atoms with Crippen molar-refractivity contribution in [3.05, 3.63) is 53.6 Å². The molecule has 1 aliphatic heterocycles. The Morgan fingerprint density at radius 2 is 1.79 bits per heavy atom. The Bertz CT molecular complexity index is 892. The molecule has 0 bridgehead atoms. The molecule has 0 saturated heterocycles. The molecular formula is C23H30N4O2. The molecule has 2 aromatic rings. The number of anilines is 1. The molecule has 6 nitrogen and oxygen atoms in total. The molecule has 0 spiro atoms. The molecule has 1 aliphatic rings. The van der Waals surface area contributed by atoms with Crippen LogP contribution in [0.1, 0.15) is 42.2 Å². The minimum atomic E-state index is -0.0997. The van der Waals surface area contributed by atoms with Crippen LogP contribution < -0.4 is 16.0 Å². The summed E-state index contributed by atoms with van der Waals surface area (Å²) < 4.78 is 0. The monoisotopic (exact) mass is 394 g/mol. The van der Waals surface area contributed by atoms with Crippen molar-refractivity contribution >= 4 is 17.5 Å². The lowest BCUT2D eigenvalue weighted by molar-refractivity contribution is -0.117. The predicted octanol–water partition coefficient (Wildman–Crippen LogP) is 2.79. The van der Waals surface area contributed by atoms with Crippen molar-refractivity contribution in [2.24, 2.45) is 5.73 Å². The number of rotatable bonds is 5. The summed E-state index contributed by atoms with van der Waals surface area (Å²) in [7, 11) is 3.95. The lowest BCUT2D eigenvalue weighted by atomic mass is 9.89. The molecule has 3 rings (SSSR count). The van der Waals surface area contributed by atoms with Crippen molar-refractivity contribution in [2.45, 2.75) is 32.4 Å². The van der Waals surface area contributed by atoms with Crippen molar-refractivity contribution in [3.8, 4) is 11.1 Å². The number of nitrogens with two attached hydrogens (primary N) is 1. The summed E-state index contributed by atoms with van der Waals surface area (Å²) in [6.07, 6.45) is 0.738. The molecule has 2 atom stereocenters. The third kappa shape index (κ3) is 4.66. The van der Waals surface area contributed by atoms with Crippen LogP contribution in [0.25, 0.3) is 11.1 Å². The van der Waals surface area contributed by atoms with E-state index in [9.17, 15) is 9.59 Å². The second-order valence-electron chi connectivity index (χ2n) is 7.99. The second-order valence-corrected chi connectivity index (χ2v) is 7.99. The first-order chi connectivity index (χ1) is 13.8. The first-order valence-corrected chi connectivity index (χ1v) is 10.0. The number of hydrogen-bond acceptors (Lipinski definition) is 4. The maximum atomic E-state index is 12.3. The molecule has 0 fully saturated rings. The molecule has 0 saturated carbocycles. The highest BCUT2D eigenvalue weighted by molar-refractivity contribution is 5.95. The zero-order valence-electron chi connectivity index (χ0n) is 17.6. The molecule has 1 heterocycles. The second kappa shape index (κ2) is 8.76. The van der Waals surface area contributed by atoms with Gasteiger partial charge in [-0.2, -0.15) is 0 Å². The molecule has 2 aromatic carbocycles. The summed E-state index contributed by atoms with van der Waals surface area (Å²) in [5, 5.41) is 2.92. The third-order valence-electron chi connectivity index (χ3n) is 5.39. The Balaban J connectivity index is 1.80.